The second-order valence-corrected chi connectivity index (χ2v) is 5.39. The lowest BCUT2D eigenvalue weighted by Gasteiger charge is -2.25. The molecule has 2 nitrogen and oxygen atoms in total. The third kappa shape index (κ3) is 3.94. The molecule has 0 amide bonds. The third-order valence-electron chi connectivity index (χ3n) is 2.63. The molecular formula is C14H20N2. The van der Waals surface area contributed by atoms with Gasteiger partial charge in [0.25, 0.3) is 0 Å². The molecule has 0 spiro atoms. The van der Waals surface area contributed by atoms with Crippen LogP contribution in [-0.4, -0.2) is 13.6 Å². The van der Waals surface area contributed by atoms with Crippen molar-refractivity contribution in [3.63, 3.8) is 0 Å². The molecule has 0 saturated heterocycles. The minimum Gasteiger partial charge on any atom is -0.375 e. The quantitative estimate of drug-likeness (QED) is 0.774. The van der Waals surface area contributed by atoms with Crippen LogP contribution in [0.15, 0.2) is 24.3 Å². The molecule has 0 aliphatic rings. The summed E-state index contributed by atoms with van der Waals surface area (Å²) in [7, 11) is 2.09. The summed E-state index contributed by atoms with van der Waals surface area (Å²) in [6.07, 6.45) is 1.16. The van der Waals surface area contributed by atoms with Crippen molar-refractivity contribution in [1.29, 1.82) is 5.26 Å². The smallest absolute Gasteiger partial charge is 0.0991 e. The Morgan fingerprint density at radius 1 is 1.19 bits per heavy atom. The fraction of sp³-hybridized carbons (Fsp3) is 0.500. The molecule has 86 valence electrons. The minimum absolute atomic E-state index is 0.362. The molecule has 0 aliphatic heterocycles. The highest BCUT2D eigenvalue weighted by molar-refractivity contribution is 5.48. The van der Waals surface area contributed by atoms with E-state index in [0.717, 1.165) is 13.0 Å². The van der Waals surface area contributed by atoms with E-state index in [2.05, 4.69) is 38.8 Å². The highest BCUT2D eigenvalue weighted by Crippen LogP contribution is 2.21. The number of hydrogen-bond donors (Lipinski definition) is 0. The van der Waals surface area contributed by atoms with E-state index in [1.54, 1.807) is 0 Å². The second kappa shape index (κ2) is 5.03. The maximum atomic E-state index is 8.71. The Kier molecular flexibility index (Phi) is 3.95. The summed E-state index contributed by atoms with van der Waals surface area (Å²) in [4.78, 5) is 2.23. The van der Waals surface area contributed by atoms with Gasteiger partial charge in [-0.15, -0.1) is 0 Å². The van der Waals surface area contributed by atoms with E-state index in [9.17, 15) is 0 Å². The number of anilines is 1. The van der Waals surface area contributed by atoms with Crippen LogP contribution in [0.3, 0.4) is 0 Å². The number of benzene rings is 1. The molecule has 16 heavy (non-hydrogen) atoms. The first-order chi connectivity index (χ1) is 7.42. The van der Waals surface area contributed by atoms with E-state index in [4.69, 9.17) is 5.26 Å². The van der Waals surface area contributed by atoms with Crippen LogP contribution in [0.5, 0.6) is 0 Å². The molecule has 1 aromatic rings. The third-order valence-corrected chi connectivity index (χ3v) is 2.63. The molecule has 1 aromatic carbocycles. The number of rotatable bonds is 3. The van der Waals surface area contributed by atoms with Gasteiger partial charge in [0.05, 0.1) is 11.6 Å². The van der Waals surface area contributed by atoms with Crippen molar-refractivity contribution in [1.82, 2.24) is 0 Å². The van der Waals surface area contributed by atoms with Crippen molar-refractivity contribution >= 4 is 5.69 Å². The van der Waals surface area contributed by atoms with Crippen LogP contribution >= 0.6 is 0 Å². The van der Waals surface area contributed by atoms with Crippen LogP contribution < -0.4 is 4.90 Å². The molecule has 2 heteroatoms. The first kappa shape index (κ1) is 12.6. The van der Waals surface area contributed by atoms with Gasteiger partial charge in [0.1, 0.15) is 0 Å². The van der Waals surface area contributed by atoms with Crippen molar-refractivity contribution in [2.75, 3.05) is 18.5 Å². The predicted octanol–water partition coefficient (Wildman–Crippen LogP) is 3.43. The Morgan fingerprint density at radius 2 is 1.75 bits per heavy atom. The van der Waals surface area contributed by atoms with Gasteiger partial charge in [-0.25, -0.2) is 0 Å². The highest BCUT2D eigenvalue weighted by Gasteiger charge is 2.11. The molecular weight excluding hydrogens is 196 g/mol. The van der Waals surface area contributed by atoms with Gasteiger partial charge in [-0.1, -0.05) is 20.8 Å². The summed E-state index contributed by atoms with van der Waals surface area (Å²) >= 11 is 0. The average Bonchev–Trinajstić information content (AvgIpc) is 2.25. The minimum atomic E-state index is 0.362. The summed E-state index contributed by atoms with van der Waals surface area (Å²) in [5.74, 6) is 0. The summed E-state index contributed by atoms with van der Waals surface area (Å²) in [6.45, 7) is 7.79. The Labute approximate surface area is 98.5 Å². The van der Waals surface area contributed by atoms with Crippen LogP contribution in [-0.2, 0) is 0 Å². The summed E-state index contributed by atoms with van der Waals surface area (Å²) in [6, 6.07) is 9.86. The molecule has 0 N–H and O–H groups in total. The fourth-order valence-corrected chi connectivity index (χ4v) is 1.42. The van der Waals surface area contributed by atoms with E-state index in [1.165, 1.54) is 5.69 Å². The zero-order valence-electron chi connectivity index (χ0n) is 10.6. The molecule has 0 fully saturated rings. The molecule has 0 heterocycles. The van der Waals surface area contributed by atoms with Gasteiger partial charge in [-0.05, 0) is 36.1 Å². The Bertz CT molecular complexity index is 365. The number of nitrogens with zero attached hydrogens (tertiary/aromatic N) is 2. The van der Waals surface area contributed by atoms with Crippen molar-refractivity contribution in [2.24, 2.45) is 5.41 Å². The maximum Gasteiger partial charge on any atom is 0.0991 e. The standard InChI is InChI=1S/C14H20N2/c1-14(2,3)9-10-16(4)13-7-5-12(11-15)6-8-13/h5-8H,9-10H2,1-4H3. The first-order valence-electron chi connectivity index (χ1n) is 5.64. The monoisotopic (exact) mass is 216 g/mol. The van der Waals surface area contributed by atoms with Crippen LogP contribution in [0.25, 0.3) is 0 Å². The summed E-state index contributed by atoms with van der Waals surface area (Å²) < 4.78 is 0. The second-order valence-electron chi connectivity index (χ2n) is 5.39. The molecule has 0 atom stereocenters. The van der Waals surface area contributed by atoms with Gasteiger partial charge in [0.2, 0.25) is 0 Å². The maximum absolute atomic E-state index is 8.71. The first-order valence-corrected chi connectivity index (χ1v) is 5.64. The van der Waals surface area contributed by atoms with E-state index >= 15 is 0 Å². The van der Waals surface area contributed by atoms with Crippen molar-refractivity contribution in [3.8, 4) is 6.07 Å². The molecule has 0 aromatic heterocycles. The topological polar surface area (TPSA) is 27.0 Å². The van der Waals surface area contributed by atoms with Gasteiger partial charge in [0, 0.05) is 19.3 Å². The zero-order valence-corrected chi connectivity index (χ0v) is 10.6. The van der Waals surface area contributed by atoms with Crippen molar-refractivity contribution in [3.05, 3.63) is 29.8 Å². The lowest BCUT2D eigenvalue weighted by atomic mass is 9.92. The lowest BCUT2D eigenvalue weighted by molar-refractivity contribution is 0.381. The largest absolute Gasteiger partial charge is 0.375 e. The van der Waals surface area contributed by atoms with E-state index < -0.39 is 0 Å². The van der Waals surface area contributed by atoms with E-state index in [-0.39, 0.29) is 0 Å². The Morgan fingerprint density at radius 3 is 2.19 bits per heavy atom. The summed E-state index contributed by atoms with van der Waals surface area (Å²) in [5.41, 5.74) is 2.25. The van der Waals surface area contributed by atoms with Crippen LogP contribution in [0.4, 0.5) is 5.69 Å². The van der Waals surface area contributed by atoms with Gasteiger partial charge < -0.3 is 4.90 Å². The Balaban J connectivity index is 2.60. The molecule has 0 radical (unpaired) electrons. The normalized spacial score (nSPS) is 10.9. The van der Waals surface area contributed by atoms with Crippen LogP contribution in [0.1, 0.15) is 32.8 Å². The van der Waals surface area contributed by atoms with E-state index in [0.29, 0.717) is 11.0 Å². The van der Waals surface area contributed by atoms with Gasteiger partial charge in [-0.3, -0.25) is 0 Å². The fourth-order valence-electron chi connectivity index (χ4n) is 1.42. The zero-order chi connectivity index (χ0) is 12.2. The van der Waals surface area contributed by atoms with Crippen molar-refractivity contribution < 1.29 is 0 Å². The number of hydrogen-bond acceptors (Lipinski definition) is 2. The number of nitriles is 1. The molecule has 0 unspecified atom stereocenters. The van der Waals surface area contributed by atoms with Crippen LogP contribution in [0.2, 0.25) is 0 Å². The predicted molar refractivity (Wildman–Crippen MR) is 68.5 cm³/mol. The van der Waals surface area contributed by atoms with Gasteiger partial charge in [-0.2, -0.15) is 5.26 Å². The van der Waals surface area contributed by atoms with Gasteiger partial charge >= 0.3 is 0 Å². The SMILES string of the molecule is CN(CCC(C)(C)C)c1ccc(C#N)cc1. The molecule has 0 saturated carbocycles. The molecule has 1 rings (SSSR count). The van der Waals surface area contributed by atoms with Crippen LogP contribution in [0, 0.1) is 16.7 Å². The summed E-state index contributed by atoms with van der Waals surface area (Å²) in [5, 5.41) is 8.71. The Hall–Kier alpha value is -1.49. The van der Waals surface area contributed by atoms with E-state index in [1.807, 2.05) is 24.3 Å². The molecule has 0 aliphatic carbocycles. The average molecular weight is 216 g/mol. The lowest BCUT2D eigenvalue weighted by Crippen LogP contribution is -2.22. The highest BCUT2D eigenvalue weighted by atomic mass is 15.1. The molecule has 0 bridgehead atoms. The van der Waals surface area contributed by atoms with Crippen molar-refractivity contribution in [2.45, 2.75) is 27.2 Å². The van der Waals surface area contributed by atoms with Gasteiger partial charge in [0.15, 0.2) is 0 Å².